The molecule has 0 bridgehead atoms. The Hall–Kier alpha value is -1.45. The summed E-state index contributed by atoms with van der Waals surface area (Å²) < 4.78 is 5.24. The molecule has 0 aliphatic carbocycles. The van der Waals surface area contributed by atoms with Gasteiger partial charge in [-0.3, -0.25) is 0 Å². The normalized spacial score (nSPS) is 11.9. The fourth-order valence-electron chi connectivity index (χ4n) is 1.72. The summed E-state index contributed by atoms with van der Waals surface area (Å²) in [5, 5.41) is 0.408. The molecule has 1 atom stereocenters. The molecular formula is C16H15ClO2S. The van der Waals surface area contributed by atoms with E-state index in [1.807, 2.05) is 61.5 Å². The average molecular weight is 307 g/mol. The number of carbonyl (C=O) groups is 1. The number of halogens is 1. The van der Waals surface area contributed by atoms with Crippen molar-refractivity contribution in [2.24, 2.45) is 0 Å². The molecule has 2 rings (SSSR count). The van der Waals surface area contributed by atoms with Gasteiger partial charge in [-0.15, -0.1) is 0 Å². The highest BCUT2D eigenvalue weighted by molar-refractivity contribution is 8.13. The highest BCUT2D eigenvalue weighted by Gasteiger charge is 2.13. The van der Waals surface area contributed by atoms with E-state index in [9.17, 15) is 4.79 Å². The van der Waals surface area contributed by atoms with E-state index in [0.29, 0.717) is 11.6 Å². The van der Waals surface area contributed by atoms with Crippen LogP contribution in [0.1, 0.15) is 23.3 Å². The first-order chi connectivity index (χ1) is 9.65. The van der Waals surface area contributed by atoms with E-state index in [0.717, 1.165) is 22.9 Å². The topological polar surface area (TPSA) is 26.3 Å². The Morgan fingerprint density at radius 1 is 1.20 bits per heavy atom. The molecule has 0 aliphatic rings. The minimum absolute atomic E-state index is 0.0111. The molecule has 1 unspecified atom stereocenters. The number of carbonyl (C=O) groups excluding carboxylic acids is 1. The highest BCUT2D eigenvalue weighted by Crippen LogP contribution is 2.31. The molecule has 0 aromatic heterocycles. The van der Waals surface area contributed by atoms with E-state index in [1.165, 1.54) is 0 Å². The van der Waals surface area contributed by atoms with Gasteiger partial charge in [-0.25, -0.2) is 4.79 Å². The number of hydrogen-bond acceptors (Lipinski definition) is 3. The molecule has 0 aliphatic heterocycles. The Labute approximate surface area is 128 Å². The van der Waals surface area contributed by atoms with Gasteiger partial charge in [-0.05, 0) is 41.9 Å². The van der Waals surface area contributed by atoms with Crippen molar-refractivity contribution in [2.75, 3.05) is 0 Å². The number of benzene rings is 2. The molecule has 4 heteroatoms. The van der Waals surface area contributed by atoms with Gasteiger partial charge in [-0.1, -0.05) is 54.1 Å². The lowest BCUT2D eigenvalue weighted by molar-refractivity contribution is 0.168. The van der Waals surface area contributed by atoms with Crippen LogP contribution < -0.4 is 0 Å². The zero-order chi connectivity index (χ0) is 14.4. The van der Waals surface area contributed by atoms with Gasteiger partial charge in [0.2, 0.25) is 0 Å². The van der Waals surface area contributed by atoms with Crippen LogP contribution in [0.5, 0.6) is 0 Å². The standard InChI is InChI=1S/C16H15ClO2S/c1-12(14-8-5-9-15(17)10-14)20-16(18)19-11-13-6-3-2-4-7-13/h2-10,12H,11H2,1H3. The summed E-state index contributed by atoms with van der Waals surface area (Å²) in [5.41, 5.74) is 2.00. The minimum atomic E-state index is -0.277. The van der Waals surface area contributed by atoms with Crippen LogP contribution in [0.4, 0.5) is 4.79 Å². The van der Waals surface area contributed by atoms with Crippen LogP contribution in [0.3, 0.4) is 0 Å². The van der Waals surface area contributed by atoms with E-state index >= 15 is 0 Å². The fourth-order valence-corrected chi connectivity index (χ4v) is 2.62. The van der Waals surface area contributed by atoms with Crippen LogP contribution in [0, 0.1) is 0 Å². The summed E-state index contributed by atoms with van der Waals surface area (Å²) >= 11 is 7.10. The second-order valence-corrected chi connectivity index (χ2v) is 6.05. The maximum absolute atomic E-state index is 11.8. The first-order valence-corrected chi connectivity index (χ1v) is 7.53. The smallest absolute Gasteiger partial charge is 0.368 e. The van der Waals surface area contributed by atoms with Crippen molar-refractivity contribution in [1.82, 2.24) is 0 Å². The maximum Gasteiger partial charge on any atom is 0.368 e. The molecule has 104 valence electrons. The predicted octanol–water partition coefficient (Wildman–Crippen LogP) is 5.47. The lowest BCUT2D eigenvalue weighted by Crippen LogP contribution is -2.01. The summed E-state index contributed by atoms with van der Waals surface area (Å²) in [7, 11) is 0. The van der Waals surface area contributed by atoms with Crippen LogP contribution in [0.2, 0.25) is 5.02 Å². The second-order valence-electron chi connectivity index (χ2n) is 4.34. The van der Waals surface area contributed by atoms with Crippen molar-refractivity contribution >= 4 is 28.7 Å². The molecule has 2 aromatic carbocycles. The Bertz CT molecular complexity index is 572. The molecule has 2 aromatic rings. The molecule has 0 spiro atoms. The number of rotatable bonds is 4. The Kier molecular flexibility index (Phi) is 5.50. The van der Waals surface area contributed by atoms with Gasteiger partial charge in [0, 0.05) is 10.3 Å². The van der Waals surface area contributed by atoms with Crippen molar-refractivity contribution in [2.45, 2.75) is 18.8 Å². The van der Waals surface area contributed by atoms with Gasteiger partial charge < -0.3 is 4.74 Å². The third-order valence-corrected chi connectivity index (χ3v) is 3.96. The zero-order valence-electron chi connectivity index (χ0n) is 11.1. The second kappa shape index (κ2) is 7.36. The summed E-state index contributed by atoms with van der Waals surface area (Å²) in [4.78, 5) is 11.8. The summed E-state index contributed by atoms with van der Waals surface area (Å²) in [6, 6.07) is 17.1. The van der Waals surface area contributed by atoms with Gasteiger partial charge in [0.1, 0.15) is 6.61 Å². The monoisotopic (exact) mass is 306 g/mol. The molecule has 0 N–H and O–H groups in total. The predicted molar refractivity (Wildman–Crippen MR) is 84.1 cm³/mol. The van der Waals surface area contributed by atoms with E-state index in [1.54, 1.807) is 0 Å². The molecule has 2 nitrogen and oxygen atoms in total. The van der Waals surface area contributed by atoms with Crippen LogP contribution in [-0.2, 0) is 11.3 Å². The van der Waals surface area contributed by atoms with E-state index in [4.69, 9.17) is 16.3 Å². The molecular weight excluding hydrogens is 292 g/mol. The highest BCUT2D eigenvalue weighted by atomic mass is 35.5. The molecule has 0 saturated heterocycles. The molecule has 20 heavy (non-hydrogen) atoms. The van der Waals surface area contributed by atoms with E-state index in [-0.39, 0.29) is 10.6 Å². The SMILES string of the molecule is CC(SC(=O)OCc1ccccc1)c1cccc(Cl)c1. The first-order valence-electron chi connectivity index (χ1n) is 6.28. The number of thioether (sulfide) groups is 1. The largest absolute Gasteiger partial charge is 0.453 e. The van der Waals surface area contributed by atoms with Crippen molar-refractivity contribution in [3.8, 4) is 0 Å². The Morgan fingerprint density at radius 2 is 1.95 bits per heavy atom. The molecule has 0 amide bonds. The average Bonchev–Trinajstić information content (AvgIpc) is 2.46. The molecule has 0 fully saturated rings. The van der Waals surface area contributed by atoms with Gasteiger partial charge >= 0.3 is 5.30 Å². The van der Waals surface area contributed by atoms with Crippen LogP contribution >= 0.6 is 23.4 Å². The lowest BCUT2D eigenvalue weighted by atomic mass is 10.2. The van der Waals surface area contributed by atoms with Crippen LogP contribution in [0.15, 0.2) is 54.6 Å². The van der Waals surface area contributed by atoms with Crippen LogP contribution in [-0.4, -0.2) is 5.30 Å². The summed E-state index contributed by atoms with van der Waals surface area (Å²) in [6.45, 7) is 2.26. The van der Waals surface area contributed by atoms with Crippen molar-refractivity contribution in [3.63, 3.8) is 0 Å². The van der Waals surface area contributed by atoms with Gasteiger partial charge in [0.15, 0.2) is 0 Å². The van der Waals surface area contributed by atoms with Gasteiger partial charge in [0.25, 0.3) is 0 Å². The zero-order valence-corrected chi connectivity index (χ0v) is 12.7. The van der Waals surface area contributed by atoms with Gasteiger partial charge in [-0.2, -0.15) is 0 Å². The quantitative estimate of drug-likeness (QED) is 0.700. The Balaban J connectivity index is 1.85. The molecule has 0 heterocycles. The molecule has 0 radical (unpaired) electrons. The lowest BCUT2D eigenvalue weighted by Gasteiger charge is -2.11. The van der Waals surface area contributed by atoms with Crippen molar-refractivity contribution in [3.05, 3.63) is 70.7 Å². The first kappa shape index (κ1) is 14.9. The third-order valence-electron chi connectivity index (χ3n) is 2.79. The van der Waals surface area contributed by atoms with E-state index < -0.39 is 0 Å². The van der Waals surface area contributed by atoms with Crippen LogP contribution in [0.25, 0.3) is 0 Å². The van der Waals surface area contributed by atoms with Crippen molar-refractivity contribution in [1.29, 1.82) is 0 Å². The van der Waals surface area contributed by atoms with E-state index in [2.05, 4.69) is 0 Å². The number of hydrogen-bond donors (Lipinski definition) is 0. The van der Waals surface area contributed by atoms with Gasteiger partial charge in [0.05, 0.1) is 0 Å². The fraction of sp³-hybridized carbons (Fsp3) is 0.188. The van der Waals surface area contributed by atoms with Crippen molar-refractivity contribution < 1.29 is 9.53 Å². The maximum atomic E-state index is 11.8. The summed E-state index contributed by atoms with van der Waals surface area (Å²) in [6.07, 6.45) is 0. The minimum Gasteiger partial charge on any atom is -0.453 e. The number of ether oxygens (including phenoxy) is 1. The Morgan fingerprint density at radius 3 is 2.65 bits per heavy atom. The summed E-state index contributed by atoms with van der Waals surface area (Å²) in [5.74, 6) is 0. The third kappa shape index (κ3) is 4.58. The molecule has 0 saturated carbocycles.